The molecule has 0 bridgehead atoms. The normalized spacial score (nSPS) is 20.0. The van der Waals surface area contributed by atoms with Crippen molar-refractivity contribution in [1.29, 1.82) is 0 Å². The van der Waals surface area contributed by atoms with Gasteiger partial charge in [-0.2, -0.15) is 4.98 Å². The number of Topliss-reactive ketones (excluding diaryl/α,β-unsaturated/α-hetero) is 1. The van der Waals surface area contributed by atoms with Gasteiger partial charge in [-0.15, -0.1) is 5.10 Å². The molecule has 1 aliphatic carbocycles. The Bertz CT molecular complexity index is 996. The summed E-state index contributed by atoms with van der Waals surface area (Å²) in [4.78, 5) is 18.0. The summed E-state index contributed by atoms with van der Waals surface area (Å²) in [6.45, 7) is 6.31. The fraction of sp³-hybridized carbons (Fsp3) is 0.476. The molecule has 0 saturated heterocycles. The van der Waals surface area contributed by atoms with Crippen LogP contribution in [0.5, 0.6) is 11.5 Å². The van der Waals surface area contributed by atoms with E-state index in [1.54, 1.807) is 26.0 Å². The highest BCUT2D eigenvalue weighted by Crippen LogP contribution is 2.47. The average Bonchev–Trinajstić information content (AvgIpc) is 3.07. The van der Waals surface area contributed by atoms with E-state index in [-0.39, 0.29) is 11.2 Å². The van der Waals surface area contributed by atoms with Crippen LogP contribution in [0.15, 0.2) is 34.6 Å². The number of anilines is 1. The summed E-state index contributed by atoms with van der Waals surface area (Å²) < 4.78 is 12.9. The fourth-order valence-corrected chi connectivity index (χ4v) is 4.68. The van der Waals surface area contributed by atoms with Gasteiger partial charge in [0, 0.05) is 23.3 Å². The van der Waals surface area contributed by atoms with Gasteiger partial charge in [0.15, 0.2) is 5.78 Å². The van der Waals surface area contributed by atoms with Crippen LogP contribution < -0.4 is 14.8 Å². The number of hydrogen-bond acceptors (Lipinski definition) is 7. The molecular formula is C21H26N4O3S. The van der Waals surface area contributed by atoms with Crippen molar-refractivity contribution in [3.63, 3.8) is 0 Å². The lowest BCUT2D eigenvalue weighted by atomic mass is 9.73. The maximum absolute atomic E-state index is 13.3. The molecule has 1 N–H and O–H groups in total. The number of carbonyl (C=O) groups is 1. The third-order valence-corrected chi connectivity index (χ3v) is 6.04. The topological polar surface area (TPSA) is 78.3 Å². The molecule has 1 aromatic heterocycles. The van der Waals surface area contributed by atoms with E-state index in [2.05, 4.69) is 31.1 Å². The van der Waals surface area contributed by atoms with Crippen LogP contribution in [0.2, 0.25) is 0 Å². The number of ether oxygens (including phenoxy) is 2. The highest BCUT2D eigenvalue weighted by atomic mass is 32.2. The van der Waals surface area contributed by atoms with E-state index in [0.717, 1.165) is 29.0 Å². The van der Waals surface area contributed by atoms with Crippen LogP contribution >= 0.6 is 11.8 Å². The van der Waals surface area contributed by atoms with Crippen molar-refractivity contribution in [2.45, 2.75) is 44.8 Å². The molecule has 0 amide bonds. The minimum atomic E-state index is -0.409. The highest BCUT2D eigenvalue weighted by Gasteiger charge is 2.42. The van der Waals surface area contributed by atoms with Gasteiger partial charge >= 0.3 is 0 Å². The number of hydrogen-bond donors (Lipinski definition) is 1. The number of rotatable bonds is 5. The molecule has 8 heteroatoms. The molecule has 0 radical (unpaired) electrons. The number of nitrogens with one attached hydrogen (secondary N) is 1. The molecule has 0 fully saturated rings. The molecule has 2 aromatic rings. The Morgan fingerprint density at radius 3 is 2.76 bits per heavy atom. The quantitative estimate of drug-likeness (QED) is 0.739. The van der Waals surface area contributed by atoms with Gasteiger partial charge in [0.25, 0.3) is 0 Å². The summed E-state index contributed by atoms with van der Waals surface area (Å²) in [7, 11) is 3.26. The van der Waals surface area contributed by atoms with E-state index in [0.29, 0.717) is 29.0 Å². The lowest BCUT2D eigenvalue weighted by molar-refractivity contribution is -0.118. The number of carbonyl (C=O) groups excluding carboxylic acids is 1. The van der Waals surface area contributed by atoms with Crippen LogP contribution in [0, 0.1) is 5.41 Å². The number of aromatic nitrogens is 3. The zero-order valence-corrected chi connectivity index (χ0v) is 18.2. The number of benzene rings is 1. The van der Waals surface area contributed by atoms with Crippen LogP contribution in [-0.4, -0.2) is 40.5 Å². The molecule has 1 aliphatic heterocycles. The van der Waals surface area contributed by atoms with Gasteiger partial charge in [-0.05, 0) is 35.8 Å². The van der Waals surface area contributed by atoms with Crippen LogP contribution in [0.25, 0.3) is 0 Å². The molecule has 2 aliphatic rings. The van der Waals surface area contributed by atoms with E-state index in [1.165, 1.54) is 0 Å². The monoisotopic (exact) mass is 414 g/mol. The lowest BCUT2D eigenvalue weighted by Gasteiger charge is -2.38. The molecule has 29 heavy (non-hydrogen) atoms. The third-order valence-electron chi connectivity index (χ3n) is 5.32. The number of ketones is 1. The predicted molar refractivity (Wildman–Crippen MR) is 113 cm³/mol. The Labute approximate surface area is 174 Å². The van der Waals surface area contributed by atoms with Crippen molar-refractivity contribution in [1.82, 2.24) is 14.8 Å². The maximum atomic E-state index is 13.3. The summed E-state index contributed by atoms with van der Waals surface area (Å²) in [5.41, 5.74) is 2.40. The number of thioether (sulfide) groups is 1. The SMILES string of the molecule is CCSc1nc2n(n1)C(c1cc(OC)ccc1OC)C1=C(CC(C)(C)CC1=O)N2. The standard InChI is InChI=1S/C21H26N4O3S/c1-6-29-20-23-19-22-14-10-21(2,3)11-15(26)17(14)18(25(19)24-20)13-9-12(27-4)7-8-16(13)28-5/h7-9,18H,6,10-11H2,1-5H3,(H,22,23,24). The van der Waals surface area contributed by atoms with Crippen LogP contribution in [0.1, 0.15) is 45.2 Å². The average molecular weight is 415 g/mol. The second-order valence-electron chi connectivity index (χ2n) is 8.06. The zero-order valence-electron chi connectivity index (χ0n) is 17.4. The van der Waals surface area contributed by atoms with Crippen molar-refractivity contribution < 1.29 is 14.3 Å². The van der Waals surface area contributed by atoms with Crippen LogP contribution in [-0.2, 0) is 4.79 Å². The van der Waals surface area contributed by atoms with Gasteiger partial charge in [-0.25, -0.2) is 4.68 Å². The van der Waals surface area contributed by atoms with Crippen molar-refractivity contribution in [2.75, 3.05) is 25.3 Å². The van der Waals surface area contributed by atoms with Gasteiger partial charge in [0.05, 0.1) is 14.2 Å². The second kappa shape index (κ2) is 7.40. The first-order valence-corrected chi connectivity index (χ1v) is 10.7. The first-order chi connectivity index (χ1) is 13.9. The van der Waals surface area contributed by atoms with Gasteiger partial charge in [-0.1, -0.05) is 32.5 Å². The lowest BCUT2D eigenvalue weighted by Crippen LogP contribution is -2.36. The summed E-state index contributed by atoms with van der Waals surface area (Å²) in [5.74, 6) is 3.04. The van der Waals surface area contributed by atoms with E-state index >= 15 is 0 Å². The van der Waals surface area contributed by atoms with Gasteiger partial charge in [0.1, 0.15) is 17.5 Å². The first kappa shape index (κ1) is 19.8. The van der Waals surface area contributed by atoms with E-state index in [4.69, 9.17) is 14.6 Å². The molecule has 2 heterocycles. The molecule has 1 unspecified atom stereocenters. The largest absolute Gasteiger partial charge is 0.497 e. The molecule has 0 spiro atoms. The summed E-state index contributed by atoms with van der Waals surface area (Å²) in [6, 6.07) is 5.23. The van der Waals surface area contributed by atoms with E-state index < -0.39 is 6.04 Å². The molecule has 1 atom stereocenters. The smallest absolute Gasteiger partial charge is 0.227 e. The Kier molecular flexibility index (Phi) is 5.06. The number of fused-ring (bicyclic) bond motifs is 1. The fourth-order valence-electron chi connectivity index (χ4n) is 4.12. The summed E-state index contributed by atoms with van der Waals surface area (Å²) in [5, 5.41) is 8.79. The maximum Gasteiger partial charge on any atom is 0.227 e. The Morgan fingerprint density at radius 1 is 1.28 bits per heavy atom. The minimum Gasteiger partial charge on any atom is -0.497 e. The third kappa shape index (κ3) is 3.50. The van der Waals surface area contributed by atoms with Gasteiger partial charge in [-0.3, -0.25) is 4.79 Å². The van der Waals surface area contributed by atoms with Crippen molar-refractivity contribution in [2.24, 2.45) is 5.41 Å². The zero-order chi connectivity index (χ0) is 20.8. The van der Waals surface area contributed by atoms with E-state index in [1.807, 2.05) is 22.9 Å². The first-order valence-electron chi connectivity index (χ1n) is 9.71. The molecule has 0 saturated carbocycles. The van der Waals surface area contributed by atoms with Crippen molar-refractivity contribution in [3.05, 3.63) is 35.0 Å². The highest BCUT2D eigenvalue weighted by molar-refractivity contribution is 7.99. The number of methoxy groups -OCH3 is 2. The molecule has 154 valence electrons. The number of allylic oxidation sites excluding steroid dienone is 2. The van der Waals surface area contributed by atoms with Crippen molar-refractivity contribution in [3.8, 4) is 11.5 Å². The predicted octanol–water partition coefficient (Wildman–Crippen LogP) is 4.07. The molecule has 4 rings (SSSR count). The molecule has 1 aromatic carbocycles. The summed E-state index contributed by atoms with van der Waals surface area (Å²) in [6.07, 6.45) is 1.27. The van der Waals surface area contributed by atoms with Crippen molar-refractivity contribution >= 4 is 23.5 Å². The van der Waals surface area contributed by atoms with Gasteiger partial charge in [0.2, 0.25) is 11.1 Å². The minimum absolute atomic E-state index is 0.102. The Morgan fingerprint density at radius 2 is 2.07 bits per heavy atom. The van der Waals surface area contributed by atoms with Gasteiger partial charge < -0.3 is 14.8 Å². The van der Waals surface area contributed by atoms with Crippen LogP contribution in [0.3, 0.4) is 0 Å². The molecular weight excluding hydrogens is 388 g/mol. The Hall–Kier alpha value is -2.48. The van der Waals surface area contributed by atoms with Crippen LogP contribution in [0.4, 0.5) is 5.95 Å². The second-order valence-corrected chi connectivity index (χ2v) is 9.30. The van der Waals surface area contributed by atoms with E-state index in [9.17, 15) is 4.79 Å². The number of nitrogens with zero attached hydrogens (tertiary/aromatic N) is 3. The summed E-state index contributed by atoms with van der Waals surface area (Å²) >= 11 is 1.58. The Balaban J connectivity index is 1.94. The molecule has 7 nitrogen and oxygen atoms in total.